The summed E-state index contributed by atoms with van der Waals surface area (Å²) in [5.41, 5.74) is 0. The predicted molar refractivity (Wildman–Crippen MR) is 71.6 cm³/mol. The first-order valence-electron chi connectivity index (χ1n) is 7.17. The zero-order valence-corrected chi connectivity index (χ0v) is 12.4. The smallest absolute Gasteiger partial charge is 0.305 e. The first kappa shape index (κ1) is 19.2. The second-order valence-corrected chi connectivity index (χ2v) is 5.07. The van der Waals surface area contributed by atoms with Crippen molar-refractivity contribution in [3.8, 4) is 0 Å². The lowest BCUT2D eigenvalue weighted by molar-refractivity contribution is -0.315. The van der Waals surface area contributed by atoms with E-state index < -0.39 is 56.0 Å². The molecule has 130 valence electrons. The van der Waals surface area contributed by atoms with Gasteiger partial charge in [-0.3, -0.25) is 4.79 Å². The van der Waals surface area contributed by atoms with E-state index >= 15 is 0 Å². The third-order valence-electron chi connectivity index (χ3n) is 3.26. The van der Waals surface area contributed by atoms with Crippen molar-refractivity contribution in [1.29, 1.82) is 0 Å². The Bertz CT molecular complexity index is 335. The minimum atomic E-state index is -1.57. The highest BCUT2D eigenvalue weighted by atomic mass is 16.7. The lowest BCUT2D eigenvalue weighted by Gasteiger charge is -2.40. The van der Waals surface area contributed by atoms with Gasteiger partial charge in [0.25, 0.3) is 0 Å². The Morgan fingerprint density at radius 2 is 1.86 bits per heavy atom. The van der Waals surface area contributed by atoms with Gasteiger partial charge in [0.05, 0.1) is 13.2 Å². The molecule has 0 saturated carbocycles. The fraction of sp³-hybridized carbons (Fsp3) is 0.923. The van der Waals surface area contributed by atoms with Crippen molar-refractivity contribution in [3.05, 3.63) is 0 Å². The molecule has 0 spiro atoms. The van der Waals surface area contributed by atoms with Gasteiger partial charge in [0, 0.05) is 6.42 Å². The molecule has 0 radical (unpaired) electrons. The van der Waals surface area contributed by atoms with Gasteiger partial charge >= 0.3 is 5.97 Å². The van der Waals surface area contributed by atoms with Crippen LogP contribution in [0.15, 0.2) is 0 Å². The first-order valence-corrected chi connectivity index (χ1v) is 7.17. The van der Waals surface area contributed by atoms with Crippen LogP contribution in [0.5, 0.6) is 0 Å². The third-order valence-corrected chi connectivity index (χ3v) is 3.26. The van der Waals surface area contributed by atoms with Crippen LogP contribution < -0.4 is 0 Å². The fourth-order valence-electron chi connectivity index (χ4n) is 1.97. The Morgan fingerprint density at radius 1 is 1.18 bits per heavy atom. The Balaban J connectivity index is 2.55. The lowest BCUT2D eigenvalue weighted by Crippen LogP contribution is -2.60. The molecule has 1 unspecified atom stereocenters. The molecule has 1 aliphatic heterocycles. The Morgan fingerprint density at radius 3 is 2.41 bits per heavy atom. The molecule has 1 rings (SSSR count). The van der Waals surface area contributed by atoms with Crippen molar-refractivity contribution in [2.45, 2.75) is 56.6 Å². The van der Waals surface area contributed by atoms with Crippen molar-refractivity contribution in [3.63, 3.8) is 0 Å². The molecule has 0 bridgehead atoms. The minimum Gasteiger partial charge on any atom is -0.463 e. The molecule has 5 N–H and O–H groups in total. The number of hydrogen-bond acceptors (Lipinski definition) is 9. The van der Waals surface area contributed by atoms with Gasteiger partial charge in [0.15, 0.2) is 6.29 Å². The molecular weight excluding hydrogens is 300 g/mol. The van der Waals surface area contributed by atoms with Crippen molar-refractivity contribution < 1.29 is 44.5 Å². The minimum absolute atomic E-state index is 0.234. The van der Waals surface area contributed by atoms with Crippen molar-refractivity contribution in [2.75, 3.05) is 19.8 Å². The number of aliphatic hydroxyl groups excluding tert-OH is 5. The monoisotopic (exact) mass is 324 g/mol. The highest BCUT2D eigenvalue weighted by molar-refractivity contribution is 5.69. The third kappa shape index (κ3) is 5.13. The molecule has 0 aromatic carbocycles. The number of carbonyl (C=O) groups excluding carboxylic acids is 1. The van der Waals surface area contributed by atoms with E-state index in [4.69, 9.17) is 19.3 Å². The van der Waals surface area contributed by atoms with E-state index in [-0.39, 0.29) is 13.0 Å². The standard InChI is InChI=1S/C13H24O9/c1-2-3-9(16)20-6-7(4-14)21-13-12(19)11(18)10(17)8(5-15)22-13/h7-8,10-15,17-19H,2-6H2,1H3/t7?,8-,10+,11+,12-,13-/m1/s1. The second-order valence-electron chi connectivity index (χ2n) is 5.07. The summed E-state index contributed by atoms with van der Waals surface area (Å²) in [6.45, 7) is 0.480. The van der Waals surface area contributed by atoms with Crippen molar-refractivity contribution in [1.82, 2.24) is 0 Å². The number of aliphatic hydroxyl groups is 5. The van der Waals surface area contributed by atoms with Gasteiger partial charge in [-0.25, -0.2) is 0 Å². The van der Waals surface area contributed by atoms with Crippen molar-refractivity contribution in [2.24, 2.45) is 0 Å². The van der Waals surface area contributed by atoms with Gasteiger partial charge in [0.2, 0.25) is 0 Å². The van der Waals surface area contributed by atoms with Crippen LogP contribution in [0.4, 0.5) is 0 Å². The predicted octanol–water partition coefficient (Wildman–Crippen LogP) is -2.49. The average Bonchev–Trinajstić information content (AvgIpc) is 2.51. The van der Waals surface area contributed by atoms with Gasteiger partial charge in [-0.05, 0) is 6.42 Å². The molecule has 1 aliphatic rings. The fourth-order valence-corrected chi connectivity index (χ4v) is 1.97. The summed E-state index contributed by atoms with van der Waals surface area (Å²) >= 11 is 0. The summed E-state index contributed by atoms with van der Waals surface area (Å²) in [7, 11) is 0. The van der Waals surface area contributed by atoms with Gasteiger partial charge in [-0.1, -0.05) is 6.92 Å². The average molecular weight is 324 g/mol. The molecule has 0 aromatic heterocycles. The first-order chi connectivity index (χ1) is 10.4. The van der Waals surface area contributed by atoms with Crippen LogP contribution >= 0.6 is 0 Å². The Hall–Kier alpha value is -0.810. The van der Waals surface area contributed by atoms with Crippen LogP contribution in [0.2, 0.25) is 0 Å². The molecule has 1 heterocycles. The van der Waals surface area contributed by atoms with Crippen LogP contribution in [-0.2, 0) is 19.0 Å². The van der Waals surface area contributed by atoms with E-state index in [1.165, 1.54) is 0 Å². The van der Waals surface area contributed by atoms with E-state index in [1.54, 1.807) is 0 Å². The summed E-state index contributed by atoms with van der Waals surface area (Å²) in [6, 6.07) is 0. The number of carbonyl (C=O) groups is 1. The van der Waals surface area contributed by atoms with E-state index in [9.17, 15) is 25.2 Å². The molecule has 0 aromatic rings. The van der Waals surface area contributed by atoms with Gasteiger partial charge in [0.1, 0.15) is 37.1 Å². The highest BCUT2D eigenvalue weighted by Crippen LogP contribution is 2.22. The molecule has 0 aliphatic carbocycles. The van der Waals surface area contributed by atoms with Crippen LogP contribution in [0.1, 0.15) is 19.8 Å². The highest BCUT2D eigenvalue weighted by Gasteiger charge is 2.44. The molecule has 22 heavy (non-hydrogen) atoms. The summed E-state index contributed by atoms with van der Waals surface area (Å²) in [5, 5.41) is 47.3. The zero-order valence-electron chi connectivity index (χ0n) is 12.4. The molecule has 1 fully saturated rings. The van der Waals surface area contributed by atoms with E-state index in [0.29, 0.717) is 6.42 Å². The molecular formula is C13H24O9. The number of hydrogen-bond donors (Lipinski definition) is 5. The van der Waals surface area contributed by atoms with E-state index in [0.717, 1.165) is 0 Å². The number of esters is 1. The molecule has 9 heteroatoms. The summed E-state index contributed by atoms with van der Waals surface area (Å²) in [6.07, 6.45) is -7.23. The topological polar surface area (TPSA) is 146 Å². The maximum atomic E-state index is 11.3. The maximum Gasteiger partial charge on any atom is 0.305 e. The number of ether oxygens (including phenoxy) is 3. The van der Waals surface area contributed by atoms with Gasteiger partial charge < -0.3 is 39.7 Å². The van der Waals surface area contributed by atoms with Crippen molar-refractivity contribution >= 4 is 5.97 Å². The van der Waals surface area contributed by atoms with Crippen LogP contribution in [-0.4, -0.2) is 88.1 Å². The Labute approximate surface area is 128 Å². The van der Waals surface area contributed by atoms with Gasteiger partial charge in [-0.2, -0.15) is 0 Å². The normalized spacial score (nSPS) is 33.5. The second kappa shape index (κ2) is 9.36. The van der Waals surface area contributed by atoms with Gasteiger partial charge in [-0.15, -0.1) is 0 Å². The molecule has 1 saturated heterocycles. The number of rotatable bonds is 8. The van der Waals surface area contributed by atoms with Crippen LogP contribution in [0.25, 0.3) is 0 Å². The lowest BCUT2D eigenvalue weighted by atomic mass is 9.99. The SMILES string of the molecule is CCCC(=O)OCC(CO)O[C@@H]1O[C@H](CO)[C@H](O)[C@H](O)[C@H]1O. The Kier molecular flexibility index (Phi) is 8.18. The van der Waals surface area contributed by atoms with E-state index in [2.05, 4.69) is 0 Å². The molecule has 9 nitrogen and oxygen atoms in total. The van der Waals surface area contributed by atoms with E-state index in [1.807, 2.05) is 6.92 Å². The summed E-state index contributed by atoms with van der Waals surface area (Å²) in [5.74, 6) is -0.446. The van der Waals surface area contributed by atoms with Crippen LogP contribution in [0.3, 0.4) is 0 Å². The quantitative estimate of drug-likeness (QED) is 0.306. The summed E-state index contributed by atoms with van der Waals surface area (Å²) < 4.78 is 15.3. The molecule has 6 atom stereocenters. The van der Waals surface area contributed by atoms with Crippen LogP contribution in [0, 0.1) is 0 Å². The maximum absolute atomic E-state index is 11.3. The zero-order chi connectivity index (χ0) is 16.7. The molecule has 0 amide bonds. The largest absolute Gasteiger partial charge is 0.463 e. The summed E-state index contributed by atoms with van der Waals surface area (Å²) in [4.78, 5) is 11.3.